The number of carbonyl (C=O) groups excluding carboxylic acids is 2. The van der Waals surface area contributed by atoms with Gasteiger partial charge in [-0.2, -0.15) is 0 Å². The van der Waals surface area contributed by atoms with Gasteiger partial charge < -0.3 is 15.1 Å². The van der Waals surface area contributed by atoms with Crippen LogP contribution in [0.1, 0.15) is 10.4 Å². The molecule has 0 unspecified atom stereocenters. The third-order valence-corrected chi connectivity index (χ3v) is 4.64. The number of non-ortho nitro benzene ring substituents is 1. The van der Waals surface area contributed by atoms with E-state index in [0.29, 0.717) is 5.69 Å². The van der Waals surface area contributed by atoms with Crippen LogP contribution in [0, 0.1) is 21.7 Å². The van der Waals surface area contributed by atoms with Crippen LogP contribution in [0.3, 0.4) is 0 Å². The molecule has 1 fully saturated rings. The molecule has 12 heteroatoms. The molecule has 158 valence electrons. The fourth-order valence-electron chi connectivity index (χ4n) is 3.11. The Morgan fingerprint density at radius 3 is 2.27 bits per heavy atom. The molecule has 0 aromatic heterocycles. The summed E-state index contributed by atoms with van der Waals surface area (Å²) in [5.41, 5.74) is 0.842. The number of piperazine rings is 1. The van der Waals surface area contributed by atoms with E-state index in [9.17, 15) is 28.5 Å². The van der Waals surface area contributed by atoms with Gasteiger partial charge in [0, 0.05) is 38.3 Å². The maximum absolute atomic E-state index is 13.7. The first kappa shape index (κ1) is 20.9. The Morgan fingerprint density at radius 1 is 1.07 bits per heavy atom. The molecule has 0 aliphatic carbocycles. The van der Waals surface area contributed by atoms with Crippen molar-refractivity contribution in [3.8, 4) is 0 Å². The van der Waals surface area contributed by atoms with E-state index >= 15 is 0 Å². The van der Waals surface area contributed by atoms with Crippen molar-refractivity contribution in [3.05, 3.63) is 63.7 Å². The van der Waals surface area contributed by atoms with Gasteiger partial charge in [-0.15, -0.1) is 0 Å². The highest BCUT2D eigenvalue weighted by molar-refractivity contribution is 6.00. The van der Waals surface area contributed by atoms with Crippen molar-refractivity contribution in [2.24, 2.45) is 0 Å². The zero-order valence-corrected chi connectivity index (χ0v) is 15.5. The molecule has 1 aliphatic rings. The second-order valence-electron chi connectivity index (χ2n) is 6.40. The number of rotatable bonds is 4. The standard InChI is InChI=1S/C18H17F2N5O5/c19-13-2-1-3-14(20)16(13)21-18(27)24-8-6-23(7-9-24)15-5-4-11(25(29)30)10-12(15)17(26)22-28/h1-5,10,28H,6-9H2,(H,21,27)(H,22,26). The Balaban J connectivity index is 1.71. The summed E-state index contributed by atoms with van der Waals surface area (Å²) in [6.07, 6.45) is 0. The first-order valence-corrected chi connectivity index (χ1v) is 8.79. The lowest BCUT2D eigenvalue weighted by Gasteiger charge is -2.36. The van der Waals surface area contributed by atoms with E-state index in [-0.39, 0.29) is 37.4 Å². The number of anilines is 2. The number of hydrogen-bond donors (Lipinski definition) is 3. The van der Waals surface area contributed by atoms with Crippen LogP contribution in [0.25, 0.3) is 0 Å². The lowest BCUT2D eigenvalue weighted by molar-refractivity contribution is -0.384. The Kier molecular flexibility index (Phi) is 6.06. The number of nitrogens with one attached hydrogen (secondary N) is 2. The van der Waals surface area contributed by atoms with Crippen molar-refractivity contribution in [3.63, 3.8) is 0 Å². The monoisotopic (exact) mass is 421 g/mol. The number of amides is 3. The van der Waals surface area contributed by atoms with Crippen molar-refractivity contribution >= 4 is 29.0 Å². The van der Waals surface area contributed by atoms with Crippen LogP contribution in [-0.4, -0.2) is 53.1 Å². The van der Waals surface area contributed by atoms with Gasteiger partial charge >= 0.3 is 6.03 Å². The zero-order chi connectivity index (χ0) is 21.8. The number of halogens is 2. The van der Waals surface area contributed by atoms with Gasteiger partial charge in [0.2, 0.25) is 0 Å². The molecule has 0 spiro atoms. The molecule has 1 saturated heterocycles. The summed E-state index contributed by atoms with van der Waals surface area (Å²) < 4.78 is 27.4. The van der Waals surface area contributed by atoms with Crippen LogP contribution in [0.15, 0.2) is 36.4 Å². The topological polar surface area (TPSA) is 128 Å². The van der Waals surface area contributed by atoms with Crippen molar-refractivity contribution in [1.82, 2.24) is 10.4 Å². The molecule has 0 bridgehead atoms. The van der Waals surface area contributed by atoms with Crippen molar-refractivity contribution in [1.29, 1.82) is 0 Å². The van der Waals surface area contributed by atoms with Crippen molar-refractivity contribution in [2.45, 2.75) is 0 Å². The molecule has 0 atom stereocenters. The average molecular weight is 421 g/mol. The first-order chi connectivity index (χ1) is 14.3. The van der Waals surface area contributed by atoms with Gasteiger partial charge in [0.1, 0.15) is 17.3 Å². The molecule has 2 aromatic rings. The predicted molar refractivity (Wildman–Crippen MR) is 102 cm³/mol. The van der Waals surface area contributed by atoms with Crippen LogP contribution in [0.4, 0.5) is 30.6 Å². The Morgan fingerprint density at radius 2 is 1.70 bits per heavy atom. The molecule has 1 aliphatic heterocycles. The number of para-hydroxylation sites is 1. The van der Waals surface area contributed by atoms with E-state index in [1.165, 1.54) is 28.6 Å². The second kappa shape index (κ2) is 8.69. The number of carbonyl (C=O) groups is 2. The van der Waals surface area contributed by atoms with Gasteiger partial charge in [-0.05, 0) is 18.2 Å². The SMILES string of the molecule is O=C(NO)c1cc([N+](=O)[O-])ccc1N1CCN(C(=O)Nc2c(F)cccc2F)CC1. The smallest absolute Gasteiger partial charge is 0.322 e. The molecule has 3 N–H and O–H groups in total. The van der Waals surface area contributed by atoms with Crippen LogP contribution < -0.4 is 15.7 Å². The molecule has 2 aromatic carbocycles. The maximum Gasteiger partial charge on any atom is 0.322 e. The van der Waals surface area contributed by atoms with E-state index in [1.807, 2.05) is 0 Å². The molecular weight excluding hydrogens is 404 g/mol. The van der Waals surface area contributed by atoms with E-state index in [0.717, 1.165) is 18.2 Å². The summed E-state index contributed by atoms with van der Waals surface area (Å²) in [5, 5.41) is 22.1. The molecule has 0 saturated carbocycles. The fourth-order valence-corrected chi connectivity index (χ4v) is 3.11. The van der Waals surface area contributed by atoms with Gasteiger partial charge in [0.15, 0.2) is 0 Å². The van der Waals surface area contributed by atoms with Gasteiger partial charge in [-0.1, -0.05) is 6.07 Å². The minimum absolute atomic E-state index is 0.0990. The molecule has 3 rings (SSSR count). The van der Waals surface area contributed by atoms with Crippen LogP contribution in [-0.2, 0) is 0 Å². The first-order valence-electron chi connectivity index (χ1n) is 8.79. The third-order valence-electron chi connectivity index (χ3n) is 4.64. The average Bonchev–Trinajstić information content (AvgIpc) is 2.75. The lowest BCUT2D eigenvalue weighted by Crippen LogP contribution is -2.50. The zero-order valence-electron chi connectivity index (χ0n) is 15.5. The van der Waals surface area contributed by atoms with E-state index < -0.39 is 34.2 Å². The molecule has 1 heterocycles. The summed E-state index contributed by atoms with van der Waals surface area (Å²) in [6, 6.07) is 6.20. The highest BCUT2D eigenvalue weighted by Crippen LogP contribution is 2.27. The molecule has 30 heavy (non-hydrogen) atoms. The molecule has 0 radical (unpaired) electrons. The molecule has 10 nitrogen and oxygen atoms in total. The number of nitro groups is 1. The van der Waals surface area contributed by atoms with Gasteiger partial charge in [0.05, 0.1) is 16.2 Å². The van der Waals surface area contributed by atoms with Gasteiger partial charge in [0.25, 0.3) is 11.6 Å². The van der Waals surface area contributed by atoms with Crippen LogP contribution in [0.5, 0.6) is 0 Å². The van der Waals surface area contributed by atoms with Crippen LogP contribution >= 0.6 is 0 Å². The van der Waals surface area contributed by atoms with E-state index in [2.05, 4.69) is 5.32 Å². The fraction of sp³-hybridized carbons (Fsp3) is 0.222. The van der Waals surface area contributed by atoms with Gasteiger partial charge in [-0.25, -0.2) is 19.1 Å². The minimum Gasteiger partial charge on any atom is -0.367 e. The number of nitrogens with zero attached hydrogens (tertiary/aromatic N) is 3. The molecule has 3 amide bonds. The Hall–Kier alpha value is -3.80. The normalized spacial score (nSPS) is 13.7. The summed E-state index contributed by atoms with van der Waals surface area (Å²) in [6.45, 7) is 0.825. The maximum atomic E-state index is 13.7. The highest BCUT2D eigenvalue weighted by Gasteiger charge is 2.26. The largest absolute Gasteiger partial charge is 0.367 e. The number of benzene rings is 2. The quantitative estimate of drug-likeness (QED) is 0.395. The highest BCUT2D eigenvalue weighted by atomic mass is 19.1. The Bertz CT molecular complexity index is 975. The summed E-state index contributed by atoms with van der Waals surface area (Å²) in [5.74, 6) is -2.70. The van der Waals surface area contributed by atoms with E-state index in [1.54, 1.807) is 4.90 Å². The third kappa shape index (κ3) is 4.27. The van der Waals surface area contributed by atoms with Gasteiger partial charge in [-0.3, -0.25) is 20.1 Å². The predicted octanol–water partition coefficient (Wildman–Crippen LogP) is 2.35. The lowest BCUT2D eigenvalue weighted by atomic mass is 10.1. The van der Waals surface area contributed by atoms with Crippen molar-refractivity contribution in [2.75, 3.05) is 36.4 Å². The second-order valence-corrected chi connectivity index (χ2v) is 6.40. The van der Waals surface area contributed by atoms with E-state index in [4.69, 9.17) is 5.21 Å². The number of nitro benzene ring substituents is 1. The number of urea groups is 1. The number of hydrogen-bond acceptors (Lipinski definition) is 6. The van der Waals surface area contributed by atoms with Crippen LogP contribution in [0.2, 0.25) is 0 Å². The minimum atomic E-state index is -0.913. The molecular formula is C18H17F2N5O5. The summed E-state index contributed by atoms with van der Waals surface area (Å²) >= 11 is 0. The van der Waals surface area contributed by atoms with Crippen molar-refractivity contribution < 1.29 is 28.5 Å². The Labute approximate surface area is 168 Å². The number of hydroxylamine groups is 1. The summed E-state index contributed by atoms with van der Waals surface area (Å²) in [4.78, 5) is 37.6. The summed E-state index contributed by atoms with van der Waals surface area (Å²) in [7, 11) is 0.